The summed E-state index contributed by atoms with van der Waals surface area (Å²) >= 11 is 0. The number of rotatable bonds is 7. The van der Waals surface area contributed by atoms with Gasteiger partial charge in [-0.1, -0.05) is 32.9 Å². The van der Waals surface area contributed by atoms with Gasteiger partial charge < -0.3 is 54.1 Å². The largest absolute Gasteiger partial charge is 0.504 e. The summed E-state index contributed by atoms with van der Waals surface area (Å²) < 4.78 is 38.7. The molecule has 5 heterocycles. The number of nitrogens with two attached hydrogens (primary N) is 1. The Hall–Kier alpha value is -3.41. The molecular weight excluding hydrogens is 728 g/mol. The van der Waals surface area contributed by atoms with Gasteiger partial charge in [0.05, 0.1) is 55.2 Å². The van der Waals surface area contributed by atoms with Crippen molar-refractivity contribution in [1.29, 1.82) is 0 Å². The molecule has 1 aromatic heterocycles. The molecule has 0 aliphatic carbocycles. The van der Waals surface area contributed by atoms with Crippen molar-refractivity contribution in [2.75, 3.05) is 33.0 Å². The zero-order valence-electron chi connectivity index (χ0n) is 34.4. The summed E-state index contributed by atoms with van der Waals surface area (Å²) in [6, 6.07) is 2.70. The number of esters is 2. The predicted octanol–water partition coefficient (Wildman–Crippen LogP) is 3.39. The van der Waals surface area contributed by atoms with Gasteiger partial charge in [0.25, 0.3) is 0 Å². The van der Waals surface area contributed by atoms with E-state index < -0.39 is 83.4 Å². The molecule has 14 atom stereocenters. The quantitative estimate of drug-likeness (QED) is 0.267. The maximum absolute atomic E-state index is 14.5. The van der Waals surface area contributed by atoms with E-state index in [1.165, 1.54) is 6.07 Å². The Kier molecular flexibility index (Phi) is 13.7. The number of nitrogens with zero attached hydrogens (tertiary/aromatic N) is 3. The van der Waals surface area contributed by atoms with Crippen molar-refractivity contribution in [1.82, 2.24) is 9.88 Å². The number of hydrogen-bond acceptors (Lipinski definition) is 16. The fraction of sp³-hybridized carbons (Fsp3) is 0.775. The first-order valence-corrected chi connectivity index (χ1v) is 19.8. The summed E-state index contributed by atoms with van der Waals surface area (Å²) in [5.41, 5.74) is 4.03. The summed E-state index contributed by atoms with van der Waals surface area (Å²) in [7, 11) is 3.78. The minimum atomic E-state index is -1.27. The molecule has 4 aliphatic heterocycles. The summed E-state index contributed by atoms with van der Waals surface area (Å²) in [5.74, 6) is -4.63. The maximum Gasteiger partial charge on any atom is 0.311 e. The topological polar surface area (TPSA) is 211 Å². The minimum absolute atomic E-state index is 0.0101. The van der Waals surface area contributed by atoms with Gasteiger partial charge in [0.1, 0.15) is 29.3 Å². The van der Waals surface area contributed by atoms with Gasteiger partial charge in [-0.25, -0.2) is 4.98 Å². The molecule has 4 saturated heterocycles. The van der Waals surface area contributed by atoms with Crippen molar-refractivity contribution in [2.24, 2.45) is 34.7 Å². The lowest BCUT2D eigenvalue weighted by molar-refractivity contribution is -0.302. The first-order chi connectivity index (χ1) is 26.3. The number of ketones is 1. The number of hydrogen-bond donors (Lipinski definition) is 3. The average Bonchev–Trinajstić information content (AvgIpc) is 3.47. The second-order valence-corrected chi connectivity index (χ2v) is 16.9. The third kappa shape index (κ3) is 9.15. The van der Waals surface area contributed by atoms with Crippen LogP contribution in [-0.2, 0) is 54.2 Å². The summed E-state index contributed by atoms with van der Waals surface area (Å²) in [6.07, 6.45) is -3.89. The van der Waals surface area contributed by atoms with E-state index in [0.29, 0.717) is 24.2 Å². The molecule has 4 N–H and O–H groups in total. The van der Waals surface area contributed by atoms with Crippen LogP contribution < -0.4 is 5.73 Å². The Morgan fingerprint density at radius 2 is 1.79 bits per heavy atom. The van der Waals surface area contributed by atoms with E-state index in [2.05, 4.69) is 10.1 Å². The fourth-order valence-electron chi connectivity index (χ4n) is 9.18. The number of oxime groups is 1. The minimum Gasteiger partial charge on any atom is -0.504 e. The second-order valence-electron chi connectivity index (χ2n) is 16.9. The van der Waals surface area contributed by atoms with E-state index >= 15 is 0 Å². The summed E-state index contributed by atoms with van der Waals surface area (Å²) in [6.45, 7) is 14.3. The van der Waals surface area contributed by atoms with Crippen LogP contribution in [-0.4, -0.2) is 125 Å². The van der Waals surface area contributed by atoms with Gasteiger partial charge in [0.2, 0.25) is 0 Å². The van der Waals surface area contributed by atoms with Crippen molar-refractivity contribution in [2.45, 2.75) is 142 Å². The molecule has 2 bridgehead atoms. The van der Waals surface area contributed by atoms with Gasteiger partial charge in [-0.15, -0.1) is 0 Å². The van der Waals surface area contributed by atoms with Gasteiger partial charge in [-0.2, -0.15) is 0 Å². The number of aromatic hydroxyl groups is 1. The van der Waals surface area contributed by atoms with Gasteiger partial charge in [0.15, 0.2) is 24.5 Å². The van der Waals surface area contributed by atoms with E-state index in [-0.39, 0.29) is 62.2 Å². The summed E-state index contributed by atoms with van der Waals surface area (Å²) in [5, 5.41) is 25.8. The number of aliphatic hydroxyl groups is 1. The molecule has 0 saturated carbocycles. The third-order valence-corrected chi connectivity index (χ3v) is 12.4. The number of likely N-dealkylation sites (N-methyl/N-ethyl adjacent to an activating group) is 1. The van der Waals surface area contributed by atoms with Crippen LogP contribution in [0.3, 0.4) is 0 Å². The van der Waals surface area contributed by atoms with Crippen LogP contribution in [0.15, 0.2) is 17.3 Å². The van der Waals surface area contributed by atoms with Gasteiger partial charge >= 0.3 is 11.9 Å². The van der Waals surface area contributed by atoms with E-state index in [9.17, 15) is 24.6 Å². The predicted molar refractivity (Wildman–Crippen MR) is 203 cm³/mol. The average molecular weight is 791 g/mol. The SMILES string of the molecule is CC[C@H]1OC(=O)[C@H](C)[C@H]2OC/C(=N/OCc3ccc(O)c(N)n3)CO[C@](C)(C[C@@H](C)C(=O)[C@H](C)[C@@H]3CC(=O)O[C@]13C)[C@H](O[C@@H]1O[C@H](C)C[C@H](N(C)C)[C@H]1O)[C@H]2C. The number of carbonyl (C=O) groups is 3. The molecule has 56 heavy (non-hydrogen) atoms. The van der Waals surface area contributed by atoms with Crippen LogP contribution in [0.4, 0.5) is 5.82 Å². The number of carbonyl (C=O) groups excluding carboxylic acids is 3. The van der Waals surface area contributed by atoms with Crippen molar-refractivity contribution in [3.05, 3.63) is 17.8 Å². The number of ether oxygens (including phenoxy) is 6. The second kappa shape index (κ2) is 17.6. The smallest absolute Gasteiger partial charge is 0.311 e. The summed E-state index contributed by atoms with van der Waals surface area (Å²) in [4.78, 5) is 53.4. The lowest BCUT2D eigenvalue weighted by Crippen LogP contribution is -2.60. The number of cyclic esters (lactones) is 1. The number of fused-ring (bicyclic) bond motifs is 4. The van der Waals surface area contributed by atoms with Gasteiger partial charge in [0, 0.05) is 29.7 Å². The monoisotopic (exact) mass is 790 g/mol. The lowest BCUT2D eigenvalue weighted by atomic mass is 9.70. The van der Waals surface area contributed by atoms with Crippen LogP contribution in [0.1, 0.15) is 86.8 Å². The van der Waals surface area contributed by atoms with Crippen molar-refractivity contribution in [3.63, 3.8) is 0 Å². The van der Waals surface area contributed by atoms with E-state index in [0.717, 1.165) is 0 Å². The van der Waals surface area contributed by atoms with Crippen LogP contribution in [0, 0.1) is 29.6 Å². The molecule has 16 nitrogen and oxygen atoms in total. The van der Waals surface area contributed by atoms with Crippen molar-refractivity contribution < 1.29 is 57.9 Å². The van der Waals surface area contributed by atoms with Gasteiger partial charge in [-0.05, 0) is 73.2 Å². The van der Waals surface area contributed by atoms with Crippen LogP contribution in [0.25, 0.3) is 0 Å². The zero-order chi connectivity index (χ0) is 41.3. The fourth-order valence-corrected chi connectivity index (χ4v) is 9.18. The zero-order valence-corrected chi connectivity index (χ0v) is 34.4. The highest BCUT2D eigenvalue weighted by Gasteiger charge is 2.57. The molecule has 5 rings (SSSR count). The standard InChI is InChI=1S/C40H62N4O12/c1-11-30-40(8)27(15-31(46)56-40)22(4)32(47)20(2)16-39(7)35(55-38-33(48)28(44(9)10)14-21(3)53-38)23(5)34(24(6)37(49)54-30)50-17-26(18-51-39)43-52-19-25-12-13-29(45)36(41)42-25/h12-13,20-24,27-28,30,33-35,38,45,48H,11,14-19H2,1-10H3,(H2,41,42)/b43-26-/t20-,21-,22-,23+,24-,27+,28+,30-,33-,34+,35-,38+,39-,40+/m1/s1. The van der Waals surface area contributed by atoms with Crippen molar-refractivity contribution in [3.8, 4) is 5.75 Å². The molecule has 0 amide bonds. The van der Waals surface area contributed by atoms with Crippen LogP contribution in [0.5, 0.6) is 5.75 Å². The highest BCUT2D eigenvalue weighted by molar-refractivity contribution is 5.87. The molecule has 0 radical (unpaired) electrons. The molecule has 16 heteroatoms. The Morgan fingerprint density at radius 3 is 2.45 bits per heavy atom. The number of nitrogen functional groups attached to an aromatic ring is 1. The molecule has 314 valence electrons. The van der Waals surface area contributed by atoms with Gasteiger partial charge in [-0.3, -0.25) is 14.4 Å². The third-order valence-electron chi connectivity index (χ3n) is 12.4. The molecule has 0 aromatic carbocycles. The van der Waals surface area contributed by atoms with E-state index in [1.54, 1.807) is 26.8 Å². The number of pyridine rings is 1. The van der Waals surface area contributed by atoms with Crippen LogP contribution >= 0.6 is 0 Å². The molecule has 4 aliphatic rings. The lowest BCUT2D eigenvalue weighted by Gasteiger charge is -2.48. The molecule has 0 unspecified atom stereocenters. The Bertz CT molecular complexity index is 1610. The highest BCUT2D eigenvalue weighted by Crippen LogP contribution is 2.46. The van der Waals surface area contributed by atoms with E-state index in [4.69, 9.17) is 39.0 Å². The number of aliphatic hydroxyl groups excluding tert-OH is 1. The highest BCUT2D eigenvalue weighted by atomic mass is 16.7. The first-order valence-electron chi connectivity index (χ1n) is 19.8. The Labute approximate surface area is 329 Å². The van der Waals surface area contributed by atoms with Crippen molar-refractivity contribution >= 4 is 29.3 Å². The number of aromatic nitrogens is 1. The van der Waals surface area contributed by atoms with Crippen LogP contribution in [0.2, 0.25) is 0 Å². The number of anilines is 1. The normalized spacial score (nSPS) is 40.9. The molecule has 0 spiro atoms. The number of Topliss-reactive ketones (excluding diaryl/α,β-unsaturated/α-hetero) is 1. The Balaban J connectivity index is 1.59. The molecule has 4 fully saturated rings. The Morgan fingerprint density at radius 1 is 1.07 bits per heavy atom. The maximum atomic E-state index is 14.5. The first kappa shape index (κ1) is 43.7. The molecular formula is C40H62N4O12. The molecule has 1 aromatic rings. The van der Waals surface area contributed by atoms with E-state index in [1.807, 2.05) is 53.6 Å².